The lowest BCUT2D eigenvalue weighted by atomic mass is 10.0. The molecule has 0 fully saturated rings. The fraction of sp³-hybridized carbons (Fsp3) is 0.308. The highest BCUT2D eigenvalue weighted by Gasteiger charge is 2.40. The summed E-state index contributed by atoms with van der Waals surface area (Å²) in [6.07, 6.45) is -6.06. The van der Waals surface area contributed by atoms with Crippen LogP contribution in [-0.4, -0.2) is 40.1 Å². The number of nitrogens with one attached hydrogen (secondary N) is 1. The number of carbonyl (C=O) groups is 3. The van der Waals surface area contributed by atoms with Crippen LogP contribution in [0.5, 0.6) is 5.75 Å². The Balaban J connectivity index is 2.65. The number of carbonyl (C=O) groups excluding carboxylic acids is 2. The number of halogens is 3. The molecule has 1 atom stereocenters. The predicted octanol–water partition coefficient (Wildman–Crippen LogP) is 1.49. The number of hydrogen-bond acceptors (Lipinski definition) is 4. The average molecular weight is 319 g/mol. The molecule has 1 rings (SSSR count). The first-order valence-electron chi connectivity index (χ1n) is 6.04. The number of carboxylic acid groups (broad SMARTS) is 1. The van der Waals surface area contributed by atoms with Gasteiger partial charge in [-0.05, 0) is 30.7 Å². The van der Waals surface area contributed by atoms with E-state index in [0.29, 0.717) is 0 Å². The molecule has 0 unspecified atom stereocenters. The van der Waals surface area contributed by atoms with Crippen LogP contribution in [0.2, 0.25) is 0 Å². The number of phenols is 1. The van der Waals surface area contributed by atoms with Gasteiger partial charge in [0, 0.05) is 12.0 Å². The van der Waals surface area contributed by atoms with Crippen molar-refractivity contribution in [3.8, 4) is 5.75 Å². The molecular weight excluding hydrogens is 307 g/mol. The van der Waals surface area contributed by atoms with Crippen molar-refractivity contribution in [1.29, 1.82) is 0 Å². The van der Waals surface area contributed by atoms with Crippen molar-refractivity contribution in [2.75, 3.05) is 0 Å². The Hall–Kier alpha value is -2.58. The SMILES string of the molecule is O=C(CC[C@H](NC(=O)C(F)(F)F)C(=O)O)c1ccc(O)cc1. The third-order valence-electron chi connectivity index (χ3n) is 2.71. The summed E-state index contributed by atoms with van der Waals surface area (Å²) >= 11 is 0. The maximum atomic E-state index is 12.1. The lowest BCUT2D eigenvalue weighted by Crippen LogP contribution is -2.47. The van der Waals surface area contributed by atoms with Crippen LogP contribution < -0.4 is 5.32 Å². The predicted molar refractivity (Wildman–Crippen MR) is 67.3 cm³/mol. The molecule has 0 aromatic heterocycles. The molecule has 22 heavy (non-hydrogen) atoms. The van der Waals surface area contributed by atoms with Crippen LogP contribution >= 0.6 is 0 Å². The number of benzene rings is 1. The smallest absolute Gasteiger partial charge is 0.471 e. The van der Waals surface area contributed by atoms with E-state index in [2.05, 4.69) is 0 Å². The zero-order chi connectivity index (χ0) is 16.9. The summed E-state index contributed by atoms with van der Waals surface area (Å²) in [5, 5.41) is 19.2. The topological polar surface area (TPSA) is 104 Å². The van der Waals surface area contributed by atoms with Crippen LogP contribution in [0, 0.1) is 0 Å². The molecule has 1 amide bonds. The van der Waals surface area contributed by atoms with E-state index in [1.165, 1.54) is 29.6 Å². The van der Waals surface area contributed by atoms with E-state index in [4.69, 9.17) is 10.2 Å². The van der Waals surface area contributed by atoms with Crippen molar-refractivity contribution < 1.29 is 37.8 Å². The zero-order valence-electron chi connectivity index (χ0n) is 11.1. The number of alkyl halides is 3. The highest BCUT2D eigenvalue weighted by Crippen LogP contribution is 2.16. The van der Waals surface area contributed by atoms with Gasteiger partial charge < -0.3 is 15.5 Å². The van der Waals surface area contributed by atoms with Crippen molar-refractivity contribution in [1.82, 2.24) is 5.32 Å². The second-order valence-corrected chi connectivity index (χ2v) is 4.37. The monoisotopic (exact) mass is 319 g/mol. The number of Topliss-reactive ketones (excluding diaryl/α,β-unsaturated/α-hetero) is 1. The van der Waals surface area contributed by atoms with Crippen molar-refractivity contribution in [3.63, 3.8) is 0 Å². The lowest BCUT2D eigenvalue weighted by Gasteiger charge is -2.15. The lowest BCUT2D eigenvalue weighted by molar-refractivity contribution is -0.175. The molecule has 9 heteroatoms. The highest BCUT2D eigenvalue weighted by atomic mass is 19.4. The van der Waals surface area contributed by atoms with E-state index >= 15 is 0 Å². The van der Waals surface area contributed by atoms with Crippen LogP contribution in [0.3, 0.4) is 0 Å². The van der Waals surface area contributed by atoms with Crippen molar-refractivity contribution in [2.45, 2.75) is 25.1 Å². The largest absolute Gasteiger partial charge is 0.508 e. The van der Waals surface area contributed by atoms with Gasteiger partial charge in [-0.15, -0.1) is 0 Å². The van der Waals surface area contributed by atoms with Crippen molar-refractivity contribution >= 4 is 17.7 Å². The van der Waals surface area contributed by atoms with E-state index in [-0.39, 0.29) is 17.7 Å². The van der Waals surface area contributed by atoms with Crippen LogP contribution in [0.25, 0.3) is 0 Å². The minimum Gasteiger partial charge on any atom is -0.508 e. The number of phenolic OH excluding ortho intramolecular Hbond substituents is 1. The average Bonchev–Trinajstić information content (AvgIpc) is 2.42. The van der Waals surface area contributed by atoms with Gasteiger partial charge in [-0.3, -0.25) is 9.59 Å². The summed E-state index contributed by atoms with van der Waals surface area (Å²) in [5.41, 5.74) is 0.170. The quantitative estimate of drug-likeness (QED) is 0.689. The van der Waals surface area contributed by atoms with Gasteiger partial charge in [0.15, 0.2) is 5.78 Å². The third kappa shape index (κ3) is 5.08. The maximum Gasteiger partial charge on any atom is 0.471 e. The first-order chi connectivity index (χ1) is 10.1. The molecule has 0 saturated carbocycles. The van der Waals surface area contributed by atoms with Gasteiger partial charge in [0.05, 0.1) is 0 Å². The Morgan fingerprint density at radius 1 is 1.14 bits per heavy atom. The van der Waals surface area contributed by atoms with Gasteiger partial charge in [-0.25, -0.2) is 4.79 Å². The van der Waals surface area contributed by atoms with Crippen LogP contribution in [0.15, 0.2) is 24.3 Å². The van der Waals surface area contributed by atoms with Crippen molar-refractivity contribution in [3.05, 3.63) is 29.8 Å². The summed E-state index contributed by atoms with van der Waals surface area (Å²) in [4.78, 5) is 33.3. The molecule has 0 spiro atoms. The molecule has 1 aromatic carbocycles. The summed E-state index contributed by atoms with van der Waals surface area (Å²) in [6.45, 7) is 0. The number of amides is 1. The molecule has 120 valence electrons. The van der Waals surface area contributed by atoms with Gasteiger partial charge in [0.2, 0.25) is 0 Å². The number of carboxylic acids is 1. The Morgan fingerprint density at radius 3 is 2.14 bits per heavy atom. The van der Waals surface area contributed by atoms with Gasteiger partial charge >= 0.3 is 18.1 Å². The van der Waals surface area contributed by atoms with Gasteiger partial charge in [-0.2, -0.15) is 13.2 Å². The van der Waals surface area contributed by atoms with Crippen LogP contribution in [-0.2, 0) is 9.59 Å². The third-order valence-corrected chi connectivity index (χ3v) is 2.71. The van der Waals surface area contributed by atoms with E-state index in [1.807, 2.05) is 0 Å². The first-order valence-corrected chi connectivity index (χ1v) is 6.04. The Labute approximate surface area is 122 Å². The normalized spacial score (nSPS) is 12.5. The molecular formula is C13H12F3NO5. The Kier molecular flexibility index (Phi) is 5.50. The second kappa shape index (κ2) is 6.92. The van der Waals surface area contributed by atoms with E-state index < -0.39 is 36.3 Å². The highest BCUT2D eigenvalue weighted by molar-refractivity contribution is 5.96. The van der Waals surface area contributed by atoms with E-state index in [0.717, 1.165) is 0 Å². The van der Waals surface area contributed by atoms with Crippen LogP contribution in [0.1, 0.15) is 23.2 Å². The minimum absolute atomic E-state index is 0.0718. The number of aliphatic carboxylic acids is 1. The molecule has 0 radical (unpaired) electrons. The molecule has 0 aliphatic rings. The number of rotatable bonds is 6. The zero-order valence-corrected chi connectivity index (χ0v) is 11.1. The van der Waals surface area contributed by atoms with Crippen molar-refractivity contribution in [2.24, 2.45) is 0 Å². The second-order valence-electron chi connectivity index (χ2n) is 4.37. The summed E-state index contributed by atoms with van der Waals surface area (Å²) in [6, 6.07) is 3.25. The molecule has 0 aliphatic heterocycles. The van der Waals surface area contributed by atoms with Gasteiger partial charge in [0.25, 0.3) is 0 Å². The number of hydrogen-bond donors (Lipinski definition) is 3. The summed E-state index contributed by atoms with van der Waals surface area (Å²) in [7, 11) is 0. The van der Waals surface area contributed by atoms with Gasteiger partial charge in [0.1, 0.15) is 11.8 Å². The molecule has 0 heterocycles. The Morgan fingerprint density at radius 2 is 1.68 bits per heavy atom. The molecule has 0 bridgehead atoms. The van der Waals surface area contributed by atoms with E-state index in [9.17, 15) is 27.6 Å². The Bertz CT molecular complexity index is 568. The fourth-order valence-electron chi connectivity index (χ4n) is 1.56. The standard InChI is InChI=1S/C13H12F3NO5/c14-13(15,16)12(22)17-9(11(20)21)5-6-10(19)7-1-3-8(18)4-2-7/h1-4,9,18H,5-6H2,(H,17,22)(H,20,21)/t9-/m0/s1. The van der Waals surface area contributed by atoms with E-state index in [1.54, 1.807) is 0 Å². The first kappa shape index (κ1) is 17.5. The van der Waals surface area contributed by atoms with Crippen LogP contribution in [0.4, 0.5) is 13.2 Å². The molecule has 6 nitrogen and oxygen atoms in total. The molecule has 0 aliphatic carbocycles. The summed E-state index contributed by atoms with van der Waals surface area (Å²) < 4.78 is 36.2. The minimum atomic E-state index is -5.20. The molecule has 0 saturated heterocycles. The molecule has 1 aromatic rings. The summed E-state index contributed by atoms with van der Waals surface area (Å²) in [5.74, 6) is -4.64. The number of aromatic hydroxyl groups is 1. The molecule has 3 N–H and O–H groups in total. The van der Waals surface area contributed by atoms with Gasteiger partial charge in [-0.1, -0.05) is 0 Å². The fourth-order valence-corrected chi connectivity index (χ4v) is 1.56. The number of ketones is 1. The maximum absolute atomic E-state index is 12.1.